The molecule has 0 radical (unpaired) electrons. The topological polar surface area (TPSA) is 140 Å². The number of carbonyl (C=O) groups excluding carboxylic acids is 2. The van der Waals surface area contributed by atoms with Crippen LogP contribution in [0.3, 0.4) is 0 Å². The molecule has 1 aromatic heterocycles. The fraction of sp³-hybridized carbons (Fsp3) is 0.350. The molecule has 0 spiro atoms. The molecule has 1 unspecified atom stereocenters. The van der Waals surface area contributed by atoms with E-state index < -0.39 is 32.3 Å². The van der Waals surface area contributed by atoms with Crippen LogP contribution >= 0.6 is 0 Å². The molecule has 1 atom stereocenters. The van der Waals surface area contributed by atoms with Crippen LogP contribution < -0.4 is 5.32 Å². The van der Waals surface area contributed by atoms with E-state index in [9.17, 15) is 28.1 Å². The maximum atomic E-state index is 13.0. The number of aromatic nitrogens is 1. The third kappa shape index (κ3) is 5.43. The number of pyridine rings is 1. The van der Waals surface area contributed by atoms with Gasteiger partial charge in [0.25, 0.3) is 11.6 Å². The molecule has 0 aliphatic carbocycles. The van der Waals surface area contributed by atoms with Crippen molar-refractivity contribution in [1.29, 1.82) is 0 Å². The van der Waals surface area contributed by atoms with Crippen LogP contribution in [0.4, 0.5) is 11.5 Å². The van der Waals surface area contributed by atoms with Crippen molar-refractivity contribution >= 4 is 33.2 Å². The number of nitro groups is 1. The van der Waals surface area contributed by atoms with Crippen LogP contribution in [0.2, 0.25) is 0 Å². The van der Waals surface area contributed by atoms with Gasteiger partial charge in [0.15, 0.2) is 9.84 Å². The fourth-order valence-electron chi connectivity index (χ4n) is 3.43. The Bertz CT molecular complexity index is 1150. The molecule has 3 rings (SSSR count). The first-order chi connectivity index (χ1) is 14.5. The molecule has 31 heavy (non-hydrogen) atoms. The van der Waals surface area contributed by atoms with Crippen LogP contribution in [0, 0.1) is 23.0 Å². The van der Waals surface area contributed by atoms with Gasteiger partial charge >= 0.3 is 0 Å². The molecule has 2 heterocycles. The molecular formula is C20H22N4O6S. The molecule has 1 aromatic carbocycles. The second-order valence-corrected chi connectivity index (χ2v) is 9.50. The first-order valence-electron chi connectivity index (χ1n) is 9.58. The van der Waals surface area contributed by atoms with Gasteiger partial charge in [-0.05, 0) is 38.0 Å². The summed E-state index contributed by atoms with van der Waals surface area (Å²) in [6.45, 7) is 2.29. The first kappa shape index (κ1) is 22.3. The number of amides is 2. The predicted molar refractivity (Wildman–Crippen MR) is 112 cm³/mol. The summed E-state index contributed by atoms with van der Waals surface area (Å²) in [5, 5.41) is 13.9. The van der Waals surface area contributed by atoms with E-state index in [1.54, 1.807) is 25.1 Å². The molecule has 1 aliphatic heterocycles. The molecule has 1 saturated heterocycles. The van der Waals surface area contributed by atoms with Crippen molar-refractivity contribution in [3.63, 3.8) is 0 Å². The molecule has 2 amide bonds. The Kier molecular flexibility index (Phi) is 6.34. The number of hydrogen-bond acceptors (Lipinski definition) is 7. The lowest BCUT2D eigenvalue weighted by molar-refractivity contribution is -0.385. The van der Waals surface area contributed by atoms with Gasteiger partial charge in [-0.3, -0.25) is 19.7 Å². The van der Waals surface area contributed by atoms with Gasteiger partial charge in [0.1, 0.15) is 5.82 Å². The minimum atomic E-state index is -3.75. The third-order valence-corrected chi connectivity index (χ3v) is 6.09. The Hall–Kier alpha value is -3.34. The zero-order valence-electron chi connectivity index (χ0n) is 17.1. The van der Waals surface area contributed by atoms with Gasteiger partial charge in [0.05, 0.1) is 15.7 Å². The standard InChI is InChI=1S/C20H22N4O6S/c1-13-5-3-7-18(21-13)22-19(25)14-6-4-8-23(12-14)20(26)15-9-16(24(27)28)11-17(10-15)31(2,29)30/h3,5,7,9-11,14H,4,6,8,12H2,1-2H3,(H,21,22,25). The van der Waals surface area contributed by atoms with Crippen molar-refractivity contribution in [3.8, 4) is 0 Å². The number of carbonyl (C=O) groups is 2. The highest BCUT2D eigenvalue weighted by atomic mass is 32.2. The van der Waals surface area contributed by atoms with Gasteiger partial charge in [-0.25, -0.2) is 13.4 Å². The molecule has 2 aromatic rings. The van der Waals surface area contributed by atoms with Crippen molar-refractivity contribution in [3.05, 3.63) is 57.8 Å². The fourth-order valence-corrected chi connectivity index (χ4v) is 4.10. The van der Waals surface area contributed by atoms with E-state index in [1.807, 2.05) is 0 Å². The normalized spacial score (nSPS) is 16.6. The molecule has 1 fully saturated rings. The average molecular weight is 446 g/mol. The first-order valence-corrected chi connectivity index (χ1v) is 11.5. The number of piperidine rings is 1. The van der Waals surface area contributed by atoms with Crippen molar-refractivity contribution in [2.75, 3.05) is 24.7 Å². The van der Waals surface area contributed by atoms with Gasteiger partial charge in [-0.15, -0.1) is 0 Å². The molecule has 11 heteroatoms. The summed E-state index contributed by atoms with van der Waals surface area (Å²) in [7, 11) is -3.75. The predicted octanol–water partition coefficient (Wildman–Crippen LogP) is 2.19. The summed E-state index contributed by atoms with van der Waals surface area (Å²) in [6.07, 6.45) is 2.06. The lowest BCUT2D eigenvalue weighted by Gasteiger charge is -2.32. The van der Waals surface area contributed by atoms with Crippen LogP contribution in [0.5, 0.6) is 0 Å². The molecule has 0 bridgehead atoms. The smallest absolute Gasteiger partial charge is 0.271 e. The van der Waals surface area contributed by atoms with Crippen molar-refractivity contribution < 1.29 is 22.9 Å². The number of likely N-dealkylation sites (tertiary alicyclic amines) is 1. The Labute approximate surface area is 179 Å². The van der Waals surface area contributed by atoms with E-state index in [2.05, 4.69) is 10.3 Å². The molecule has 10 nitrogen and oxygen atoms in total. The van der Waals surface area contributed by atoms with Gasteiger partial charge < -0.3 is 10.2 Å². The number of nitrogens with zero attached hydrogens (tertiary/aromatic N) is 3. The van der Waals surface area contributed by atoms with Crippen molar-refractivity contribution in [1.82, 2.24) is 9.88 Å². The number of rotatable bonds is 5. The van der Waals surface area contributed by atoms with Gasteiger partial charge in [0, 0.05) is 42.7 Å². The van der Waals surface area contributed by atoms with E-state index in [4.69, 9.17) is 0 Å². The van der Waals surface area contributed by atoms with E-state index >= 15 is 0 Å². The monoisotopic (exact) mass is 446 g/mol. The van der Waals surface area contributed by atoms with Crippen LogP contribution in [-0.4, -0.2) is 54.4 Å². The van der Waals surface area contributed by atoms with Crippen molar-refractivity contribution in [2.24, 2.45) is 5.92 Å². The number of non-ortho nitro benzene ring substituents is 1. The lowest BCUT2D eigenvalue weighted by Crippen LogP contribution is -2.43. The van der Waals surface area contributed by atoms with E-state index in [-0.39, 0.29) is 22.9 Å². The van der Waals surface area contributed by atoms with E-state index in [0.717, 1.165) is 30.1 Å². The highest BCUT2D eigenvalue weighted by molar-refractivity contribution is 7.90. The Morgan fingerprint density at radius 2 is 2.00 bits per heavy atom. The van der Waals surface area contributed by atoms with Crippen LogP contribution in [0.1, 0.15) is 28.9 Å². The number of nitro benzene ring substituents is 1. The number of hydrogen-bond donors (Lipinski definition) is 1. The minimum Gasteiger partial charge on any atom is -0.338 e. The van der Waals surface area contributed by atoms with Crippen LogP contribution in [-0.2, 0) is 14.6 Å². The van der Waals surface area contributed by atoms with Gasteiger partial charge in [-0.1, -0.05) is 6.07 Å². The zero-order chi connectivity index (χ0) is 22.8. The number of benzene rings is 1. The van der Waals surface area contributed by atoms with Gasteiger partial charge in [0.2, 0.25) is 5.91 Å². The van der Waals surface area contributed by atoms with Gasteiger partial charge in [-0.2, -0.15) is 0 Å². The Morgan fingerprint density at radius 3 is 2.65 bits per heavy atom. The highest BCUT2D eigenvalue weighted by Crippen LogP contribution is 2.25. The third-order valence-electron chi connectivity index (χ3n) is 5.00. The Balaban J connectivity index is 1.80. The SMILES string of the molecule is Cc1cccc(NC(=O)C2CCCN(C(=O)c3cc([N+](=O)[O-])cc(S(C)(=O)=O)c3)C2)n1. The Morgan fingerprint density at radius 1 is 1.26 bits per heavy atom. The number of aryl methyl sites for hydroxylation is 1. The largest absolute Gasteiger partial charge is 0.338 e. The van der Waals surface area contributed by atoms with E-state index in [0.29, 0.717) is 25.2 Å². The molecule has 164 valence electrons. The average Bonchev–Trinajstić information content (AvgIpc) is 2.72. The summed E-state index contributed by atoms with van der Waals surface area (Å²) in [5.41, 5.74) is 0.171. The summed E-state index contributed by atoms with van der Waals surface area (Å²) in [5.74, 6) is -0.885. The number of anilines is 1. The summed E-state index contributed by atoms with van der Waals surface area (Å²) in [6, 6.07) is 8.36. The quantitative estimate of drug-likeness (QED) is 0.548. The second-order valence-electron chi connectivity index (χ2n) is 7.49. The summed E-state index contributed by atoms with van der Waals surface area (Å²) >= 11 is 0. The minimum absolute atomic E-state index is 0.101. The van der Waals surface area contributed by atoms with Crippen LogP contribution in [0.15, 0.2) is 41.3 Å². The molecule has 0 saturated carbocycles. The van der Waals surface area contributed by atoms with E-state index in [1.165, 1.54) is 4.90 Å². The number of nitrogens with one attached hydrogen (secondary N) is 1. The second kappa shape index (κ2) is 8.80. The molecule has 1 N–H and O–H groups in total. The lowest BCUT2D eigenvalue weighted by atomic mass is 9.96. The molecule has 1 aliphatic rings. The summed E-state index contributed by atoms with van der Waals surface area (Å²) in [4.78, 5) is 41.4. The maximum absolute atomic E-state index is 13.0. The number of sulfone groups is 1. The van der Waals surface area contributed by atoms with Crippen LogP contribution in [0.25, 0.3) is 0 Å². The van der Waals surface area contributed by atoms with Crippen molar-refractivity contribution in [2.45, 2.75) is 24.7 Å². The zero-order valence-corrected chi connectivity index (χ0v) is 17.9. The highest BCUT2D eigenvalue weighted by Gasteiger charge is 2.30. The molecular weight excluding hydrogens is 424 g/mol. The maximum Gasteiger partial charge on any atom is 0.271 e. The summed E-state index contributed by atoms with van der Waals surface area (Å²) < 4.78 is 23.8.